The number of quaternary nitrogens is 1. The molecule has 1 aliphatic carbocycles. The molecule has 1 atom stereocenters. The molecule has 0 aromatic heterocycles. The lowest BCUT2D eigenvalue weighted by Crippen LogP contribution is -2.51. The summed E-state index contributed by atoms with van der Waals surface area (Å²) in [6, 6.07) is 7.26. The van der Waals surface area contributed by atoms with Crippen molar-refractivity contribution in [2.45, 2.75) is 32.2 Å². The second-order valence-corrected chi connectivity index (χ2v) is 3.78. The first-order valence-corrected chi connectivity index (χ1v) is 4.72. The number of fused-ring (bicyclic) bond motifs is 1. The molecule has 0 unspecified atom stereocenters. The van der Waals surface area contributed by atoms with E-state index in [2.05, 4.69) is 30.9 Å². The van der Waals surface area contributed by atoms with Crippen molar-refractivity contribution in [3.63, 3.8) is 0 Å². The number of benzene rings is 1. The van der Waals surface area contributed by atoms with E-state index >= 15 is 0 Å². The van der Waals surface area contributed by atoms with Crippen molar-refractivity contribution in [3.05, 3.63) is 34.9 Å². The minimum Gasteiger partial charge on any atom is -0.352 e. The van der Waals surface area contributed by atoms with Gasteiger partial charge in [-0.25, -0.2) is 0 Å². The summed E-state index contributed by atoms with van der Waals surface area (Å²) in [7, 11) is 0. The minimum atomic E-state index is 0.427. The summed E-state index contributed by atoms with van der Waals surface area (Å²) < 4.78 is 0. The molecule has 2 rings (SSSR count). The standard InChI is InChI=1S/C11H15N/c1-8(12)10-6-5-9-3-2-4-11(9)7-10/h5-8H,2-4,12H2,1H3/p+1/t8-/m0/s1. The van der Waals surface area contributed by atoms with E-state index in [0.29, 0.717) is 6.04 Å². The fourth-order valence-corrected chi connectivity index (χ4v) is 1.90. The average molecular weight is 162 g/mol. The molecular formula is C11H16N+. The lowest BCUT2D eigenvalue weighted by atomic mass is 10.0. The van der Waals surface area contributed by atoms with Crippen LogP contribution in [-0.2, 0) is 12.8 Å². The van der Waals surface area contributed by atoms with Gasteiger partial charge in [0.15, 0.2) is 0 Å². The van der Waals surface area contributed by atoms with Gasteiger partial charge in [0.2, 0.25) is 0 Å². The zero-order chi connectivity index (χ0) is 8.55. The molecule has 0 fully saturated rings. The van der Waals surface area contributed by atoms with Gasteiger partial charge < -0.3 is 5.73 Å². The molecule has 1 heteroatoms. The van der Waals surface area contributed by atoms with Crippen molar-refractivity contribution < 1.29 is 5.73 Å². The first-order valence-electron chi connectivity index (χ1n) is 4.72. The molecule has 0 radical (unpaired) electrons. The van der Waals surface area contributed by atoms with Crippen molar-refractivity contribution in [1.82, 2.24) is 0 Å². The van der Waals surface area contributed by atoms with Gasteiger partial charge in [0.1, 0.15) is 6.04 Å². The Morgan fingerprint density at radius 3 is 2.75 bits per heavy atom. The van der Waals surface area contributed by atoms with Crippen LogP contribution in [0.25, 0.3) is 0 Å². The number of rotatable bonds is 1. The second kappa shape index (κ2) is 2.91. The summed E-state index contributed by atoms with van der Waals surface area (Å²) in [4.78, 5) is 0. The van der Waals surface area contributed by atoms with Crippen LogP contribution in [0.1, 0.15) is 36.1 Å². The maximum absolute atomic E-state index is 4.03. The summed E-state index contributed by atoms with van der Waals surface area (Å²) in [5.74, 6) is 0. The molecule has 1 aromatic rings. The zero-order valence-corrected chi connectivity index (χ0v) is 7.64. The summed E-state index contributed by atoms with van der Waals surface area (Å²) in [5.41, 5.74) is 8.53. The Kier molecular flexibility index (Phi) is 1.89. The van der Waals surface area contributed by atoms with E-state index in [1.165, 1.54) is 24.8 Å². The van der Waals surface area contributed by atoms with E-state index in [0.717, 1.165) is 0 Å². The van der Waals surface area contributed by atoms with Crippen LogP contribution in [0.4, 0.5) is 0 Å². The van der Waals surface area contributed by atoms with Crippen LogP contribution >= 0.6 is 0 Å². The molecule has 64 valence electrons. The molecular weight excluding hydrogens is 146 g/mol. The Morgan fingerprint density at radius 2 is 2.00 bits per heavy atom. The highest BCUT2D eigenvalue weighted by atomic mass is 14.6. The lowest BCUT2D eigenvalue weighted by Gasteiger charge is -2.05. The molecule has 1 nitrogen and oxygen atoms in total. The predicted molar refractivity (Wildman–Crippen MR) is 49.8 cm³/mol. The van der Waals surface area contributed by atoms with Crippen LogP contribution in [0.2, 0.25) is 0 Å². The van der Waals surface area contributed by atoms with Crippen molar-refractivity contribution in [3.8, 4) is 0 Å². The molecule has 0 saturated heterocycles. The Bertz CT molecular complexity index is 289. The van der Waals surface area contributed by atoms with Crippen LogP contribution in [-0.4, -0.2) is 0 Å². The third-order valence-corrected chi connectivity index (χ3v) is 2.69. The van der Waals surface area contributed by atoms with Gasteiger partial charge >= 0.3 is 0 Å². The van der Waals surface area contributed by atoms with Gasteiger partial charge in [-0.2, -0.15) is 0 Å². The van der Waals surface area contributed by atoms with Gasteiger partial charge in [-0.05, 0) is 43.4 Å². The van der Waals surface area contributed by atoms with Crippen LogP contribution < -0.4 is 5.73 Å². The molecule has 0 saturated carbocycles. The van der Waals surface area contributed by atoms with Gasteiger partial charge in [-0.3, -0.25) is 0 Å². The zero-order valence-electron chi connectivity index (χ0n) is 7.64. The van der Waals surface area contributed by atoms with E-state index in [1.54, 1.807) is 11.1 Å². The van der Waals surface area contributed by atoms with Gasteiger partial charge in [-0.15, -0.1) is 0 Å². The SMILES string of the molecule is C[C@H]([NH3+])c1ccc2c(c1)CCC2. The van der Waals surface area contributed by atoms with Gasteiger partial charge in [0.25, 0.3) is 0 Å². The summed E-state index contributed by atoms with van der Waals surface area (Å²) in [6.45, 7) is 2.15. The normalized spacial score (nSPS) is 17.5. The Morgan fingerprint density at radius 1 is 1.25 bits per heavy atom. The quantitative estimate of drug-likeness (QED) is 0.648. The second-order valence-electron chi connectivity index (χ2n) is 3.78. The van der Waals surface area contributed by atoms with E-state index < -0.39 is 0 Å². The maximum atomic E-state index is 4.03. The van der Waals surface area contributed by atoms with Gasteiger partial charge in [-0.1, -0.05) is 12.1 Å². The first kappa shape index (κ1) is 7.81. The molecule has 0 bridgehead atoms. The molecule has 0 aliphatic heterocycles. The van der Waals surface area contributed by atoms with Crippen molar-refractivity contribution in [2.24, 2.45) is 0 Å². The van der Waals surface area contributed by atoms with E-state index in [4.69, 9.17) is 0 Å². The molecule has 0 spiro atoms. The third-order valence-electron chi connectivity index (χ3n) is 2.69. The summed E-state index contributed by atoms with van der Waals surface area (Å²) >= 11 is 0. The maximum Gasteiger partial charge on any atom is 0.107 e. The van der Waals surface area contributed by atoms with Crippen molar-refractivity contribution >= 4 is 0 Å². The van der Waals surface area contributed by atoms with Crippen LogP contribution in [0.5, 0.6) is 0 Å². The predicted octanol–water partition coefficient (Wildman–Crippen LogP) is 1.48. The third kappa shape index (κ3) is 1.25. The lowest BCUT2D eigenvalue weighted by molar-refractivity contribution is -0.420. The van der Waals surface area contributed by atoms with E-state index in [-0.39, 0.29) is 0 Å². The molecule has 3 N–H and O–H groups in total. The average Bonchev–Trinajstić information content (AvgIpc) is 2.49. The van der Waals surface area contributed by atoms with E-state index in [9.17, 15) is 0 Å². The highest BCUT2D eigenvalue weighted by molar-refractivity contribution is 5.35. The van der Waals surface area contributed by atoms with Crippen molar-refractivity contribution in [2.75, 3.05) is 0 Å². The van der Waals surface area contributed by atoms with Gasteiger partial charge in [0, 0.05) is 5.56 Å². The number of hydrogen-bond donors (Lipinski definition) is 1. The van der Waals surface area contributed by atoms with Crippen LogP contribution in [0, 0.1) is 0 Å². The molecule has 12 heavy (non-hydrogen) atoms. The Labute approximate surface area is 73.6 Å². The van der Waals surface area contributed by atoms with E-state index in [1.807, 2.05) is 0 Å². The summed E-state index contributed by atoms with van der Waals surface area (Å²) in [6.07, 6.45) is 3.89. The molecule has 1 aliphatic rings. The summed E-state index contributed by atoms with van der Waals surface area (Å²) in [5, 5.41) is 0. The van der Waals surface area contributed by atoms with Crippen LogP contribution in [0.3, 0.4) is 0 Å². The smallest absolute Gasteiger partial charge is 0.107 e. The molecule has 0 amide bonds. The van der Waals surface area contributed by atoms with Crippen LogP contribution in [0.15, 0.2) is 18.2 Å². The topological polar surface area (TPSA) is 27.6 Å². The minimum absolute atomic E-state index is 0.427. The van der Waals surface area contributed by atoms with Crippen molar-refractivity contribution in [1.29, 1.82) is 0 Å². The number of aryl methyl sites for hydroxylation is 2. The molecule has 0 heterocycles. The highest BCUT2D eigenvalue weighted by Gasteiger charge is 2.12. The fourth-order valence-electron chi connectivity index (χ4n) is 1.90. The van der Waals surface area contributed by atoms with Gasteiger partial charge in [0.05, 0.1) is 0 Å². The first-order chi connectivity index (χ1) is 5.77. The Hall–Kier alpha value is -0.820. The molecule has 1 aromatic carbocycles. The fraction of sp³-hybridized carbons (Fsp3) is 0.455. The largest absolute Gasteiger partial charge is 0.352 e. The Balaban J connectivity index is 2.39. The highest BCUT2D eigenvalue weighted by Crippen LogP contribution is 2.24. The monoisotopic (exact) mass is 162 g/mol. The number of hydrogen-bond acceptors (Lipinski definition) is 0.